The lowest BCUT2D eigenvalue weighted by molar-refractivity contribution is 0.747. The van der Waals surface area contributed by atoms with Gasteiger partial charge in [0, 0.05) is 18.5 Å². The quantitative estimate of drug-likeness (QED) is 0.695. The third-order valence-electron chi connectivity index (χ3n) is 3.30. The van der Waals surface area contributed by atoms with Crippen molar-refractivity contribution < 1.29 is 0 Å². The van der Waals surface area contributed by atoms with Crippen LogP contribution in [0.1, 0.15) is 17.0 Å². The van der Waals surface area contributed by atoms with E-state index in [0.717, 1.165) is 22.6 Å². The first-order valence-electron chi connectivity index (χ1n) is 6.67. The second-order valence-corrected chi connectivity index (χ2v) is 5.09. The number of nitrogens with zero attached hydrogens (tertiary/aromatic N) is 4. The zero-order valence-corrected chi connectivity index (χ0v) is 12.1. The Balaban J connectivity index is 2.06. The van der Waals surface area contributed by atoms with Gasteiger partial charge in [0.2, 0.25) is 0 Å². The molecule has 0 amide bonds. The van der Waals surface area contributed by atoms with Crippen molar-refractivity contribution in [1.29, 1.82) is 5.26 Å². The molecule has 3 rings (SSSR count). The standard InChI is InChI=1S/C16H13ClN4/c17-7-6-15-20-14-5-2-8-19-16(14)21(15)11-13-4-1-3-12(9-13)10-18/h1-5,8-9H,6-7,11H2. The fourth-order valence-electron chi connectivity index (χ4n) is 2.37. The molecule has 2 aromatic heterocycles. The molecule has 2 heterocycles. The van der Waals surface area contributed by atoms with Gasteiger partial charge < -0.3 is 4.57 Å². The van der Waals surface area contributed by atoms with Crippen LogP contribution in [0.25, 0.3) is 11.2 Å². The number of aryl methyl sites for hydroxylation is 1. The predicted molar refractivity (Wildman–Crippen MR) is 82.2 cm³/mol. The molecular formula is C16H13ClN4. The molecule has 0 saturated heterocycles. The Morgan fingerprint density at radius 1 is 1.24 bits per heavy atom. The SMILES string of the molecule is N#Cc1cccc(Cn2c(CCCl)nc3cccnc32)c1. The number of halogens is 1. The van der Waals surface area contributed by atoms with E-state index >= 15 is 0 Å². The summed E-state index contributed by atoms with van der Waals surface area (Å²) < 4.78 is 2.06. The number of rotatable bonds is 4. The Kier molecular flexibility index (Phi) is 3.85. The van der Waals surface area contributed by atoms with Crippen LogP contribution >= 0.6 is 11.6 Å². The Morgan fingerprint density at radius 3 is 2.95 bits per heavy atom. The van der Waals surface area contributed by atoms with Gasteiger partial charge in [-0.3, -0.25) is 0 Å². The predicted octanol–water partition coefficient (Wildman–Crippen LogP) is 3.13. The summed E-state index contributed by atoms with van der Waals surface area (Å²) in [5, 5.41) is 9.00. The van der Waals surface area contributed by atoms with Gasteiger partial charge in [0.1, 0.15) is 11.3 Å². The lowest BCUT2D eigenvalue weighted by atomic mass is 10.1. The van der Waals surface area contributed by atoms with Crippen LogP contribution in [0.2, 0.25) is 0 Å². The molecular weight excluding hydrogens is 284 g/mol. The smallest absolute Gasteiger partial charge is 0.160 e. The minimum absolute atomic E-state index is 0.515. The molecule has 4 nitrogen and oxygen atoms in total. The average molecular weight is 297 g/mol. The van der Waals surface area contributed by atoms with Gasteiger partial charge in [0.25, 0.3) is 0 Å². The number of hydrogen-bond donors (Lipinski definition) is 0. The summed E-state index contributed by atoms with van der Waals surface area (Å²) in [6, 6.07) is 13.6. The Bertz CT molecular complexity index is 817. The first-order chi connectivity index (χ1) is 10.3. The number of benzene rings is 1. The molecule has 0 radical (unpaired) electrons. The summed E-state index contributed by atoms with van der Waals surface area (Å²) in [5.74, 6) is 1.43. The number of fused-ring (bicyclic) bond motifs is 1. The monoisotopic (exact) mass is 296 g/mol. The van der Waals surface area contributed by atoms with Gasteiger partial charge in [0.05, 0.1) is 18.2 Å². The molecule has 0 spiro atoms. The van der Waals surface area contributed by atoms with Crippen LogP contribution in [0.3, 0.4) is 0 Å². The molecule has 5 heteroatoms. The molecule has 0 N–H and O–H groups in total. The van der Waals surface area contributed by atoms with Crippen LogP contribution in [-0.2, 0) is 13.0 Å². The number of hydrogen-bond acceptors (Lipinski definition) is 3. The second-order valence-electron chi connectivity index (χ2n) is 4.71. The molecule has 0 aliphatic carbocycles. The maximum absolute atomic E-state index is 9.00. The third-order valence-corrected chi connectivity index (χ3v) is 3.49. The van der Waals surface area contributed by atoms with Crippen LogP contribution in [-0.4, -0.2) is 20.4 Å². The van der Waals surface area contributed by atoms with Crippen molar-refractivity contribution in [1.82, 2.24) is 14.5 Å². The van der Waals surface area contributed by atoms with Crippen molar-refractivity contribution in [3.8, 4) is 6.07 Å². The molecule has 1 aromatic carbocycles. The number of nitriles is 1. The summed E-state index contributed by atoms with van der Waals surface area (Å²) in [4.78, 5) is 9.01. The van der Waals surface area contributed by atoms with Crippen molar-refractivity contribution >= 4 is 22.8 Å². The van der Waals surface area contributed by atoms with Gasteiger partial charge in [-0.1, -0.05) is 12.1 Å². The molecule has 0 fully saturated rings. The molecule has 104 valence electrons. The van der Waals surface area contributed by atoms with E-state index in [1.807, 2.05) is 30.3 Å². The van der Waals surface area contributed by atoms with Crippen molar-refractivity contribution in [2.45, 2.75) is 13.0 Å². The van der Waals surface area contributed by atoms with Crippen molar-refractivity contribution in [3.05, 3.63) is 59.5 Å². The van der Waals surface area contributed by atoms with E-state index in [1.165, 1.54) is 0 Å². The van der Waals surface area contributed by atoms with E-state index in [2.05, 4.69) is 20.6 Å². The van der Waals surface area contributed by atoms with E-state index in [0.29, 0.717) is 24.4 Å². The van der Waals surface area contributed by atoms with Crippen LogP contribution < -0.4 is 0 Å². The maximum Gasteiger partial charge on any atom is 0.160 e. The van der Waals surface area contributed by atoms with E-state index in [-0.39, 0.29) is 0 Å². The zero-order chi connectivity index (χ0) is 14.7. The van der Waals surface area contributed by atoms with Crippen molar-refractivity contribution in [2.24, 2.45) is 0 Å². The van der Waals surface area contributed by atoms with Crippen LogP contribution in [0, 0.1) is 11.3 Å². The summed E-state index contributed by atoms with van der Waals surface area (Å²) in [5.41, 5.74) is 3.42. The molecule has 0 bridgehead atoms. The number of aromatic nitrogens is 3. The zero-order valence-electron chi connectivity index (χ0n) is 11.3. The summed E-state index contributed by atoms with van der Waals surface area (Å²) in [6.07, 6.45) is 2.45. The molecule has 21 heavy (non-hydrogen) atoms. The average Bonchev–Trinajstić information content (AvgIpc) is 2.86. The minimum atomic E-state index is 0.515. The summed E-state index contributed by atoms with van der Waals surface area (Å²) >= 11 is 5.87. The van der Waals surface area contributed by atoms with E-state index in [1.54, 1.807) is 12.3 Å². The highest BCUT2D eigenvalue weighted by Gasteiger charge is 2.11. The normalized spacial score (nSPS) is 10.7. The molecule has 0 atom stereocenters. The van der Waals surface area contributed by atoms with Gasteiger partial charge in [-0.25, -0.2) is 9.97 Å². The molecule has 3 aromatic rings. The van der Waals surface area contributed by atoms with Crippen LogP contribution in [0.15, 0.2) is 42.6 Å². The van der Waals surface area contributed by atoms with Crippen molar-refractivity contribution in [2.75, 3.05) is 5.88 Å². The summed E-state index contributed by atoms with van der Waals surface area (Å²) in [6.45, 7) is 0.634. The van der Waals surface area contributed by atoms with Gasteiger partial charge in [-0.15, -0.1) is 11.6 Å². The van der Waals surface area contributed by atoms with Gasteiger partial charge in [-0.2, -0.15) is 5.26 Å². The number of alkyl halides is 1. The fraction of sp³-hybridized carbons (Fsp3) is 0.188. The lowest BCUT2D eigenvalue weighted by Gasteiger charge is -2.08. The van der Waals surface area contributed by atoms with E-state index in [4.69, 9.17) is 16.9 Å². The Labute approximate surface area is 127 Å². The summed E-state index contributed by atoms with van der Waals surface area (Å²) in [7, 11) is 0. The second kappa shape index (κ2) is 5.94. The highest BCUT2D eigenvalue weighted by molar-refractivity contribution is 6.17. The molecule has 0 saturated carbocycles. The Hall–Kier alpha value is -2.38. The molecule has 0 aliphatic heterocycles. The topological polar surface area (TPSA) is 54.5 Å². The maximum atomic E-state index is 9.00. The lowest BCUT2D eigenvalue weighted by Crippen LogP contribution is -2.06. The number of imidazole rings is 1. The fourth-order valence-corrected chi connectivity index (χ4v) is 2.54. The molecule has 0 unspecified atom stereocenters. The van der Waals surface area contributed by atoms with Gasteiger partial charge in [-0.05, 0) is 29.8 Å². The van der Waals surface area contributed by atoms with Crippen LogP contribution in [0.4, 0.5) is 0 Å². The van der Waals surface area contributed by atoms with Crippen LogP contribution in [0.5, 0.6) is 0 Å². The van der Waals surface area contributed by atoms with Gasteiger partial charge in [0.15, 0.2) is 5.65 Å². The first-order valence-corrected chi connectivity index (χ1v) is 7.20. The Morgan fingerprint density at radius 2 is 2.14 bits per heavy atom. The highest BCUT2D eigenvalue weighted by atomic mass is 35.5. The third kappa shape index (κ3) is 2.74. The minimum Gasteiger partial charge on any atom is -0.308 e. The highest BCUT2D eigenvalue weighted by Crippen LogP contribution is 2.17. The van der Waals surface area contributed by atoms with Gasteiger partial charge >= 0.3 is 0 Å². The van der Waals surface area contributed by atoms with E-state index in [9.17, 15) is 0 Å². The van der Waals surface area contributed by atoms with Crippen molar-refractivity contribution in [3.63, 3.8) is 0 Å². The largest absolute Gasteiger partial charge is 0.308 e. The number of pyridine rings is 1. The van der Waals surface area contributed by atoms with E-state index < -0.39 is 0 Å². The molecule has 0 aliphatic rings. The first kappa shape index (κ1) is 13.6.